The number of amides is 1. The van der Waals surface area contributed by atoms with E-state index in [0.29, 0.717) is 38.8 Å². The number of rotatable bonds is 8. The van der Waals surface area contributed by atoms with Crippen LogP contribution in [0.25, 0.3) is 0 Å². The zero-order valence-corrected chi connectivity index (χ0v) is 30.0. The Labute approximate surface area is 292 Å². The molecule has 1 aromatic heterocycles. The van der Waals surface area contributed by atoms with E-state index in [4.69, 9.17) is 32.7 Å². The van der Waals surface area contributed by atoms with Gasteiger partial charge in [-0.1, -0.05) is 75.5 Å². The van der Waals surface area contributed by atoms with Crippen LogP contribution < -0.4 is 19.1 Å². The van der Waals surface area contributed by atoms with Crippen LogP contribution in [0.4, 0.5) is 15.8 Å². The van der Waals surface area contributed by atoms with Crippen molar-refractivity contribution >= 4 is 52.4 Å². The van der Waals surface area contributed by atoms with Gasteiger partial charge in [0, 0.05) is 29.0 Å². The van der Waals surface area contributed by atoms with Gasteiger partial charge in [-0.05, 0) is 85.3 Å². The normalized spacial score (nSPS) is 13.4. The molecular weight excluding hydrogens is 656 g/mol. The average Bonchev–Trinajstić information content (AvgIpc) is 3.31. The van der Waals surface area contributed by atoms with Gasteiger partial charge in [-0.2, -0.15) is 0 Å². The number of fused-ring (bicyclic) bond motifs is 2. The number of allylic oxidation sites excluding steroid dienone is 1. The van der Waals surface area contributed by atoms with Crippen LogP contribution in [0.1, 0.15) is 65.0 Å². The first kappa shape index (κ1) is 37.7. The lowest BCUT2D eigenvalue weighted by atomic mass is 9.65. The van der Waals surface area contributed by atoms with E-state index < -0.39 is 11.2 Å². The number of nitrogens with one attached hydrogen (secondary N) is 1. The summed E-state index contributed by atoms with van der Waals surface area (Å²) < 4.78 is 29.4. The highest BCUT2D eigenvalue weighted by Crippen LogP contribution is 2.58. The third kappa shape index (κ3) is 8.80. The van der Waals surface area contributed by atoms with Gasteiger partial charge < -0.3 is 19.1 Å². The predicted molar refractivity (Wildman–Crippen MR) is 195 cm³/mol. The van der Waals surface area contributed by atoms with Crippen molar-refractivity contribution in [1.29, 1.82) is 0 Å². The first-order chi connectivity index (χ1) is 22.8. The molecule has 0 radical (unpaired) electrons. The van der Waals surface area contributed by atoms with Crippen molar-refractivity contribution in [2.24, 2.45) is 0 Å². The first-order valence-electron chi connectivity index (χ1n) is 15.7. The summed E-state index contributed by atoms with van der Waals surface area (Å²) >= 11 is 13.2. The zero-order valence-electron chi connectivity index (χ0n) is 27.7. The minimum absolute atomic E-state index is 0.0516. The van der Waals surface area contributed by atoms with Crippen LogP contribution in [0.15, 0.2) is 90.5 Å². The van der Waals surface area contributed by atoms with Gasteiger partial charge in [-0.15, -0.1) is 6.58 Å². The van der Waals surface area contributed by atoms with Gasteiger partial charge in [0.05, 0.1) is 29.7 Å². The summed E-state index contributed by atoms with van der Waals surface area (Å²) in [4.78, 5) is 20.3. The molecule has 10 heteroatoms. The first-order valence-corrected chi connectivity index (χ1v) is 17.2. The number of ether oxygens (including phenoxy) is 2. The number of halogens is 3. The van der Waals surface area contributed by atoms with Crippen molar-refractivity contribution in [2.75, 3.05) is 16.7 Å². The average molecular weight is 699 g/mol. The molecule has 1 saturated carbocycles. The number of carbonyl (C=O) groups excluding carboxylic acids is 1. The maximum absolute atomic E-state index is 14.5. The Hall–Kier alpha value is -3.72. The number of pyridine rings is 1. The predicted octanol–water partition coefficient (Wildman–Crippen LogP) is 11.7. The van der Waals surface area contributed by atoms with Gasteiger partial charge in [0.1, 0.15) is 22.5 Å². The molecule has 1 fully saturated rings. The van der Waals surface area contributed by atoms with Gasteiger partial charge in [0.25, 0.3) is 0 Å². The Balaban J connectivity index is 0.000000799. The molecule has 2 aliphatic rings. The van der Waals surface area contributed by atoms with Gasteiger partial charge in [-0.3, -0.25) is 4.79 Å². The van der Waals surface area contributed by atoms with Crippen molar-refractivity contribution in [3.05, 3.63) is 113 Å². The van der Waals surface area contributed by atoms with Crippen LogP contribution in [-0.2, 0) is 16.8 Å². The lowest BCUT2D eigenvalue weighted by Gasteiger charge is -2.37. The third-order valence-electron chi connectivity index (χ3n) is 7.32. The Morgan fingerprint density at radius 1 is 1.02 bits per heavy atom. The second-order valence-corrected chi connectivity index (χ2v) is 11.8. The molecule has 0 atom stereocenters. The van der Waals surface area contributed by atoms with Crippen LogP contribution in [-0.4, -0.2) is 18.0 Å². The molecule has 47 heavy (non-hydrogen) atoms. The fraction of sp³-hybridized carbons (Fsp3) is 0.297. The van der Waals surface area contributed by atoms with E-state index in [9.17, 15) is 9.18 Å². The van der Waals surface area contributed by atoms with Crippen LogP contribution in [0.3, 0.4) is 0 Å². The lowest BCUT2D eigenvalue weighted by Crippen LogP contribution is -2.44. The molecule has 6 nitrogen and oxygen atoms in total. The number of hydrogen-bond donors (Lipinski definition) is 1. The molecule has 6 rings (SSSR count). The number of nitrogens with zero attached hydrogens (tertiary/aromatic N) is 2. The fourth-order valence-electron chi connectivity index (χ4n) is 5.19. The second-order valence-electron chi connectivity index (χ2n) is 10.1. The topological polar surface area (TPSA) is 63.7 Å². The summed E-state index contributed by atoms with van der Waals surface area (Å²) in [6.45, 7) is 13.6. The smallest absolute Gasteiger partial charge is 0.238 e. The van der Waals surface area contributed by atoms with Gasteiger partial charge in [0.15, 0.2) is 5.75 Å². The Bertz CT molecular complexity index is 1650. The number of methoxy groups -OCH3 is 1. The minimum atomic E-state index is -0.621. The SMILES string of the molecule is C=CC.CC.CC.COc1ccc(CN2C(=O)C3(CCC3)c3cc(NSc4ccc(Cl)cc4F)cc(Oc4ccnc(Cl)c4)c32)cc1. The van der Waals surface area contributed by atoms with E-state index in [-0.39, 0.29) is 5.91 Å². The summed E-state index contributed by atoms with van der Waals surface area (Å²) in [7, 11) is 1.62. The van der Waals surface area contributed by atoms with E-state index in [1.54, 1.807) is 43.6 Å². The monoisotopic (exact) mass is 697 g/mol. The Morgan fingerprint density at radius 2 is 1.70 bits per heavy atom. The molecule has 1 aliphatic carbocycles. The fourth-order valence-corrected chi connectivity index (χ4v) is 6.15. The Kier molecular flexibility index (Phi) is 14.4. The number of carbonyl (C=O) groups is 1. The molecule has 3 aromatic carbocycles. The van der Waals surface area contributed by atoms with Gasteiger partial charge in [-0.25, -0.2) is 9.37 Å². The standard InChI is InChI=1S/C30H24Cl2FN3O3S.C3H6.2C2H6/c1-38-21-6-3-18(4-7-21)17-36-28-23(30(29(36)37)10-2-11-30)14-20(35-40-26-8-5-19(31)13-24(26)33)15-25(28)39-22-9-12-34-27(32)16-22;1-3-2;2*1-2/h3-9,12-16,35H,2,10-11,17H2,1H3;3H,1H2,2H3;2*1-2H3. The van der Waals surface area contributed by atoms with Gasteiger partial charge >= 0.3 is 0 Å². The largest absolute Gasteiger partial charge is 0.497 e. The number of hydrogen-bond acceptors (Lipinski definition) is 6. The van der Waals surface area contributed by atoms with Crippen molar-refractivity contribution in [1.82, 2.24) is 4.98 Å². The molecule has 0 bridgehead atoms. The molecule has 2 heterocycles. The van der Waals surface area contributed by atoms with Crippen molar-refractivity contribution in [3.63, 3.8) is 0 Å². The highest BCUT2D eigenvalue weighted by molar-refractivity contribution is 8.00. The number of benzene rings is 3. The molecule has 4 aromatic rings. The maximum atomic E-state index is 14.5. The van der Waals surface area contributed by atoms with E-state index in [1.165, 1.54) is 6.07 Å². The highest BCUT2D eigenvalue weighted by atomic mass is 35.5. The minimum Gasteiger partial charge on any atom is -0.497 e. The van der Waals surface area contributed by atoms with Crippen molar-refractivity contribution in [3.8, 4) is 17.2 Å². The quantitative estimate of drug-likeness (QED) is 0.112. The molecule has 1 aliphatic heterocycles. The number of anilines is 2. The molecule has 1 spiro atoms. The summed E-state index contributed by atoms with van der Waals surface area (Å²) in [5.41, 5.74) is 2.64. The number of aromatic nitrogens is 1. The second kappa shape index (κ2) is 18.0. The molecule has 0 saturated heterocycles. The third-order valence-corrected chi connectivity index (χ3v) is 8.65. The lowest BCUT2D eigenvalue weighted by molar-refractivity contribution is -0.126. The highest BCUT2D eigenvalue weighted by Gasteiger charge is 2.55. The van der Waals surface area contributed by atoms with E-state index in [0.717, 1.165) is 53.8 Å². The van der Waals surface area contributed by atoms with Crippen molar-refractivity contribution < 1.29 is 18.7 Å². The molecular formula is C37H42Cl2FN3O3S. The zero-order chi connectivity index (χ0) is 34.6. The molecule has 1 N–H and O–H groups in total. The van der Waals surface area contributed by atoms with Crippen LogP contribution >= 0.6 is 35.1 Å². The summed E-state index contributed by atoms with van der Waals surface area (Å²) in [6, 6.07) is 19.3. The molecule has 250 valence electrons. The van der Waals surface area contributed by atoms with E-state index in [2.05, 4.69) is 16.3 Å². The van der Waals surface area contributed by atoms with Crippen LogP contribution in [0.2, 0.25) is 10.2 Å². The maximum Gasteiger partial charge on any atom is 0.238 e. The van der Waals surface area contributed by atoms with Gasteiger partial charge in [0.2, 0.25) is 5.91 Å². The van der Waals surface area contributed by atoms with Crippen LogP contribution in [0.5, 0.6) is 17.2 Å². The Morgan fingerprint density at radius 3 is 2.28 bits per heavy atom. The molecule has 1 amide bonds. The van der Waals surface area contributed by atoms with E-state index in [1.807, 2.05) is 75.9 Å². The molecule has 0 unspecified atom stereocenters. The summed E-state index contributed by atoms with van der Waals surface area (Å²) in [5, 5.41) is 0.618. The van der Waals surface area contributed by atoms with E-state index >= 15 is 0 Å². The van der Waals surface area contributed by atoms with Crippen LogP contribution in [0, 0.1) is 5.82 Å². The van der Waals surface area contributed by atoms with Crippen molar-refractivity contribution in [2.45, 2.75) is 70.7 Å². The summed E-state index contributed by atoms with van der Waals surface area (Å²) in [5.74, 6) is 1.35. The summed E-state index contributed by atoms with van der Waals surface area (Å²) in [6.07, 6.45) is 5.77.